The van der Waals surface area contributed by atoms with E-state index in [1.165, 1.54) is 6.07 Å². The van der Waals surface area contributed by atoms with Crippen LogP contribution >= 0.6 is 34.8 Å². The quantitative estimate of drug-likeness (QED) is 0.623. The Morgan fingerprint density at radius 3 is 2.89 bits per heavy atom. The van der Waals surface area contributed by atoms with Crippen LogP contribution in [0, 0.1) is 14.2 Å². The van der Waals surface area contributed by atoms with E-state index in [1.54, 1.807) is 24.6 Å². The Labute approximate surface area is 122 Å². The first-order chi connectivity index (χ1) is 8.45. The van der Waals surface area contributed by atoms with Crippen molar-refractivity contribution in [1.29, 1.82) is 0 Å². The summed E-state index contributed by atoms with van der Waals surface area (Å²) in [7, 11) is 1.56. The molecule has 2 aromatic rings. The lowest BCUT2D eigenvalue weighted by atomic mass is 10.2. The second kappa shape index (κ2) is 4.96. The molecule has 0 radical (unpaired) electrons. The fourth-order valence-corrected chi connectivity index (χ4v) is 2.66. The molecule has 0 fully saturated rings. The monoisotopic (exact) mass is 379 g/mol. The first kappa shape index (κ1) is 13.5. The van der Waals surface area contributed by atoms with Crippen molar-refractivity contribution in [3.8, 4) is 0 Å². The van der Waals surface area contributed by atoms with Crippen LogP contribution in [0.2, 0.25) is 0 Å². The predicted octanol–water partition coefficient (Wildman–Crippen LogP) is 2.75. The highest BCUT2D eigenvalue weighted by Crippen LogP contribution is 2.23. The summed E-state index contributed by atoms with van der Waals surface area (Å²) in [5.41, 5.74) is 1.32. The highest BCUT2D eigenvalue weighted by Gasteiger charge is 2.18. The van der Waals surface area contributed by atoms with Gasteiger partial charge >= 0.3 is 0 Å². The molecule has 0 bridgehead atoms. The molecule has 2 rings (SSSR count). The number of amides is 1. The summed E-state index contributed by atoms with van der Waals surface area (Å²) in [5, 5.41) is 2.56. The SMILES string of the molecule is CNC(=O)C(C)n1c(=S)[nH]c2cc(I)c(F)cc21. The zero-order valence-corrected chi connectivity index (χ0v) is 12.7. The Bertz CT molecular complexity index is 679. The minimum atomic E-state index is -0.490. The molecule has 0 saturated heterocycles. The number of hydrogen-bond donors (Lipinski definition) is 2. The van der Waals surface area contributed by atoms with Crippen molar-refractivity contribution in [2.45, 2.75) is 13.0 Å². The van der Waals surface area contributed by atoms with Crippen molar-refractivity contribution in [3.63, 3.8) is 0 Å². The van der Waals surface area contributed by atoms with Gasteiger partial charge in [-0.3, -0.25) is 4.79 Å². The number of halogens is 2. The average molecular weight is 379 g/mol. The van der Waals surface area contributed by atoms with Crippen molar-refractivity contribution in [1.82, 2.24) is 14.9 Å². The van der Waals surface area contributed by atoms with Crippen LogP contribution in [-0.4, -0.2) is 22.5 Å². The molecular formula is C11H11FIN3OS. The maximum Gasteiger partial charge on any atom is 0.242 e. The van der Waals surface area contributed by atoms with Gasteiger partial charge in [-0.1, -0.05) is 0 Å². The molecule has 1 unspecified atom stereocenters. The van der Waals surface area contributed by atoms with E-state index in [-0.39, 0.29) is 11.7 Å². The van der Waals surface area contributed by atoms with E-state index in [9.17, 15) is 9.18 Å². The number of likely N-dealkylation sites (N-methyl/N-ethyl adjacent to an activating group) is 1. The van der Waals surface area contributed by atoms with E-state index in [1.807, 2.05) is 22.6 Å². The van der Waals surface area contributed by atoms with Gasteiger partial charge in [-0.2, -0.15) is 0 Å². The summed E-state index contributed by atoms with van der Waals surface area (Å²) in [6, 6.07) is 2.58. The Hall–Kier alpha value is -0.960. The molecule has 1 amide bonds. The van der Waals surface area contributed by atoms with Gasteiger partial charge in [0.1, 0.15) is 11.9 Å². The first-order valence-corrected chi connectivity index (χ1v) is 6.75. The topological polar surface area (TPSA) is 49.8 Å². The molecule has 1 aromatic heterocycles. The summed E-state index contributed by atoms with van der Waals surface area (Å²) >= 11 is 7.10. The molecule has 0 saturated carbocycles. The van der Waals surface area contributed by atoms with Crippen LogP contribution in [0.1, 0.15) is 13.0 Å². The smallest absolute Gasteiger partial charge is 0.242 e. The van der Waals surface area contributed by atoms with Gasteiger partial charge < -0.3 is 14.9 Å². The number of hydrogen-bond acceptors (Lipinski definition) is 2. The van der Waals surface area contributed by atoms with Gasteiger partial charge in [0.05, 0.1) is 14.6 Å². The largest absolute Gasteiger partial charge is 0.357 e. The van der Waals surface area contributed by atoms with Crippen molar-refractivity contribution < 1.29 is 9.18 Å². The van der Waals surface area contributed by atoms with E-state index >= 15 is 0 Å². The number of carbonyl (C=O) groups excluding carboxylic acids is 1. The van der Waals surface area contributed by atoms with Gasteiger partial charge in [-0.05, 0) is 47.8 Å². The van der Waals surface area contributed by atoms with Crippen molar-refractivity contribution >= 4 is 51.7 Å². The Kier molecular flexibility index (Phi) is 3.71. The van der Waals surface area contributed by atoms with Crippen LogP contribution in [0.4, 0.5) is 4.39 Å². The molecule has 0 aliphatic carbocycles. The van der Waals surface area contributed by atoms with Gasteiger partial charge in [-0.25, -0.2) is 4.39 Å². The maximum absolute atomic E-state index is 13.6. The Balaban J connectivity index is 2.71. The third-order valence-electron chi connectivity index (χ3n) is 2.77. The number of aromatic nitrogens is 2. The van der Waals surface area contributed by atoms with E-state index in [2.05, 4.69) is 10.3 Å². The third-order valence-corrected chi connectivity index (χ3v) is 3.90. The second-order valence-electron chi connectivity index (χ2n) is 3.87. The molecule has 1 aromatic carbocycles. The molecule has 0 aliphatic rings. The predicted molar refractivity (Wildman–Crippen MR) is 78.6 cm³/mol. The minimum Gasteiger partial charge on any atom is -0.357 e. The number of benzene rings is 1. The summed E-state index contributed by atoms with van der Waals surface area (Å²) < 4.78 is 16.1. The zero-order chi connectivity index (χ0) is 13.4. The maximum atomic E-state index is 13.6. The van der Waals surface area contributed by atoms with Gasteiger partial charge in [-0.15, -0.1) is 0 Å². The molecule has 18 heavy (non-hydrogen) atoms. The first-order valence-electron chi connectivity index (χ1n) is 5.26. The van der Waals surface area contributed by atoms with E-state index in [0.717, 1.165) is 5.52 Å². The summed E-state index contributed by atoms with van der Waals surface area (Å²) in [6.45, 7) is 1.72. The molecule has 2 N–H and O–H groups in total. The molecule has 0 aliphatic heterocycles. The van der Waals surface area contributed by atoms with Crippen LogP contribution in [0.3, 0.4) is 0 Å². The number of H-pyrrole nitrogens is 1. The highest BCUT2D eigenvalue weighted by molar-refractivity contribution is 14.1. The number of aromatic amines is 1. The third kappa shape index (κ3) is 2.16. The van der Waals surface area contributed by atoms with E-state index in [4.69, 9.17) is 12.2 Å². The van der Waals surface area contributed by atoms with Crippen LogP contribution in [0.15, 0.2) is 12.1 Å². The zero-order valence-electron chi connectivity index (χ0n) is 9.75. The number of carbonyl (C=O) groups is 1. The molecule has 1 heterocycles. The highest BCUT2D eigenvalue weighted by atomic mass is 127. The van der Waals surface area contributed by atoms with Crippen LogP contribution in [0.25, 0.3) is 11.0 Å². The van der Waals surface area contributed by atoms with Gasteiger partial charge in [0.25, 0.3) is 0 Å². The number of rotatable bonds is 2. The summed E-state index contributed by atoms with van der Waals surface area (Å²) in [5.74, 6) is -0.499. The molecule has 96 valence electrons. The number of fused-ring (bicyclic) bond motifs is 1. The van der Waals surface area contributed by atoms with Crippen molar-refractivity contribution in [3.05, 3.63) is 26.3 Å². The second-order valence-corrected chi connectivity index (χ2v) is 5.42. The van der Waals surface area contributed by atoms with Crippen LogP contribution in [-0.2, 0) is 4.79 Å². The number of nitrogens with zero attached hydrogens (tertiary/aromatic N) is 1. The minimum absolute atomic E-state index is 0.175. The van der Waals surface area contributed by atoms with E-state index < -0.39 is 6.04 Å². The fraction of sp³-hybridized carbons (Fsp3) is 0.273. The lowest BCUT2D eigenvalue weighted by Gasteiger charge is -2.12. The standard InChI is InChI=1S/C11H11FIN3OS/c1-5(10(17)14-2)16-9-3-6(12)7(13)4-8(9)15-11(16)18/h3-5H,1-2H3,(H,14,17)(H,15,18). The number of imidazole rings is 1. The molecule has 4 nitrogen and oxygen atoms in total. The number of nitrogens with one attached hydrogen (secondary N) is 2. The fourth-order valence-electron chi connectivity index (χ4n) is 1.83. The Morgan fingerprint density at radius 2 is 2.28 bits per heavy atom. The van der Waals surface area contributed by atoms with E-state index in [0.29, 0.717) is 13.9 Å². The van der Waals surface area contributed by atoms with Crippen molar-refractivity contribution in [2.24, 2.45) is 0 Å². The lowest BCUT2D eigenvalue weighted by Crippen LogP contribution is -2.27. The molecule has 0 spiro atoms. The van der Waals surface area contributed by atoms with Gasteiger partial charge in [0, 0.05) is 13.1 Å². The van der Waals surface area contributed by atoms with Crippen LogP contribution in [0.5, 0.6) is 0 Å². The molecule has 7 heteroatoms. The van der Waals surface area contributed by atoms with Gasteiger partial charge in [0.15, 0.2) is 4.77 Å². The molecular weight excluding hydrogens is 368 g/mol. The van der Waals surface area contributed by atoms with Crippen molar-refractivity contribution in [2.75, 3.05) is 7.05 Å². The molecule has 1 atom stereocenters. The normalized spacial score (nSPS) is 12.7. The van der Waals surface area contributed by atoms with Crippen LogP contribution < -0.4 is 5.32 Å². The summed E-state index contributed by atoms with van der Waals surface area (Å²) in [4.78, 5) is 14.7. The lowest BCUT2D eigenvalue weighted by molar-refractivity contribution is -0.123. The van der Waals surface area contributed by atoms with Gasteiger partial charge in [0.2, 0.25) is 5.91 Å². The average Bonchev–Trinajstić information content (AvgIpc) is 2.63. The summed E-state index contributed by atoms with van der Waals surface area (Å²) in [6.07, 6.45) is 0. The Morgan fingerprint density at radius 1 is 1.61 bits per heavy atom.